The van der Waals surface area contributed by atoms with E-state index >= 15 is 0 Å². The Hall–Kier alpha value is -5.03. The van der Waals surface area contributed by atoms with Gasteiger partial charge in [-0.1, -0.05) is 12.1 Å². The van der Waals surface area contributed by atoms with E-state index in [0.717, 1.165) is 33.9 Å². The zero-order valence-corrected chi connectivity index (χ0v) is 20.2. The molecule has 7 aromatic rings. The summed E-state index contributed by atoms with van der Waals surface area (Å²) >= 11 is 1.62. The summed E-state index contributed by atoms with van der Waals surface area (Å²) in [4.78, 5) is 26.3. The zero-order valence-electron chi connectivity index (χ0n) is 19.4. The maximum atomic E-state index is 4.81. The highest BCUT2D eigenvalue weighted by Gasteiger charge is 2.15. The number of para-hydroxylation sites is 2. The van der Waals surface area contributed by atoms with Crippen LogP contribution in [-0.2, 0) is 6.54 Å². The number of nitrogens with zero attached hydrogens (tertiary/aromatic N) is 7. The number of aromatic nitrogens is 8. The topological polar surface area (TPSA) is 114 Å². The molecule has 0 spiro atoms. The molecule has 0 aliphatic carbocycles. The highest BCUT2D eigenvalue weighted by atomic mass is 32.1. The van der Waals surface area contributed by atoms with Crippen molar-refractivity contribution in [1.29, 1.82) is 0 Å². The number of fused-ring (bicyclic) bond motifs is 2. The molecule has 7 rings (SSSR count). The van der Waals surface area contributed by atoms with Crippen molar-refractivity contribution in [3.63, 3.8) is 0 Å². The number of benzene rings is 2. The molecule has 0 bridgehead atoms. The Morgan fingerprint density at radius 2 is 1.84 bits per heavy atom. The van der Waals surface area contributed by atoms with Gasteiger partial charge in [-0.3, -0.25) is 4.57 Å². The van der Waals surface area contributed by atoms with Crippen LogP contribution in [-0.4, -0.2) is 39.0 Å². The standard InChI is InChI=1S/C26H20N10S/c1-2-4-21-20(3-1)31-22(32-21)13-28-24-23-25(36(16-29-23)19-9-12-37-14-19)34-26(33-24)30-17-5-7-18(8-6-17)35-11-10-27-15-35/h1-12,14-16H,13H2,(H,31,32)(H2,28,30,33,34). The molecule has 5 heterocycles. The zero-order chi connectivity index (χ0) is 24.6. The van der Waals surface area contributed by atoms with E-state index in [1.165, 1.54) is 0 Å². The summed E-state index contributed by atoms with van der Waals surface area (Å²) in [6.07, 6.45) is 7.21. The lowest BCUT2D eigenvalue weighted by molar-refractivity contribution is 0.996. The number of thiophene rings is 1. The minimum Gasteiger partial charge on any atom is -0.361 e. The fourth-order valence-electron chi connectivity index (χ4n) is 4.18. The molecule has 2 aromatic carbocycles. The molecule has 0 radical (unpaired) electrons. The van der Waals surface area contributed by atoms with Crippen molar-refractivity contribution in [2.24, 2.45) is 0 Å². The third-order valence-corrected chi connectivity index (χ3v) is 6.64. The fourth-order valence-corrected chi connectivity index (χ4v) is 4.81. The van der Waals surface area contributed by atoms with E-state index in [0.29, 0.717) is 29.5 Å². The van der Waals surface area contributed by atoms with Crippen LogP contribution in [0.25, 0.3) is 33.6 Å². The van der Waals surface area contributed by atoms with Crippen molar-refractivity contribution < 1.29 is 0 Å². The van der Waals surface area contributed by atoms with Crippen molar-refractivity contribution in [2.45, 2.75) is 6.54 Å². The summed E-state index contributed by atoms with van der Waals surface area (Å²) < 4.78 is 3.92. The number of H-pyrrole nitrogens is 1. The smallest absolute Gasteiger partial charge is 0.231 e. The number of nitrogens with one attached hydrogen (secondary N) is 3. The number of imidazole rings is 3. The Kier molecular flexibility index (Phi) is 5.10. The van der Waals surface area contributed by atoms with Gasteiger partial charge in [-0.05, 0) is 47.8 Å². The first-order valence-corrected chi connectivity index (χ1v) is 12.5. The number of hydrogen-bond acceptors (Lipinski definition) is 8. The van der Waals surface area contributed by atoms with E-state index in [1.54, 1.807) is 30.2 Å². The molecule has 37 heavy (non-hydrogen) atoms. The first kappa shape index (κ1) is 21.3. The summed E-state index contributed by atoms with van der Waals surface area (Å²) in [6, 6.07) is 18.0. The highest BCUT2D eigenvalue weighted by molar-refractivity contribution is 7.08. The summed E-state index contributed by atoms with van der Waals surface area (Å²) in [5, 5.41) is 10.8. The summed E-state index contributed by atoms with van der Waals surface area (Å²) in [5.74, 6) is 1.90. The van der Waals surface area contributed by atoms with Gasteiger partial charge in [0.25, 0.3) is 0 Å². The van der Waals surface area contributed by atoms with Crippen molar-refractivity contribution in [3.05, 3.63) is 96.2 Å². The van der Waals surface area contributed by atoms with Gasteiger partial charge in [-0.25, -0.2) is 15.0 Å². The third-order valence-electron chi connectivity index (χ3n) is 5.97. The van der Waals surface area contributed by atoms with Gasteiger partial charge < -0.3 is 20.2 Å². The normalized spacial score (nSPS) is 11.4. The van der Waals surface area contributed by atoms with Crippen LogP contribution in [0.4, 0.5) is 17.5 Å². The molecule has 0 unspecified atom stereocenters. The fraction of sp³-hybridized carbons (Fsp3) is 0.0385. The van der Waals surface area contributed by atoms with Crippen LogP contribution < -0.4 is 10.6 Å². The van der Waals surface area contributed by atoms with Gasteiger partial charge in [-0.2, -0.15) is 21.3 Å². The second-order valence-corrected chi connectivity index (χ2v) is 9.14. The molecule has 11 heteroatoms. The molecule has 0 saturated carbocycles. The molecule has 0 amide bonds. The number of aromatic amines is 1. The molecule has 0 fully saturated rings. The first-order valence-electron chi connectivity index (χ1n) is 11.6. The van der Waals surface area contributed by atoms with Crippen LogP contribution in [0.15, 0.2) is 90.4 Å². The van der Waals surface area contributed by atoms with Gasteiger partial charge in [0.15, 0.2) is 17.0 Å². The quantitative estimate of drug-likeness (QED) is 0.270. The minimum atomic E-state index is 0.463. The Labute approximate surface area is 214 Å². The van der Waals surface area contributed by atoms with Crippen LogP contribution in [0.1, 0.15) is 5.82 Å². The van der Waals surface area contributed by atoms with Crippen LogP contribution in [0.5, 0.6) is 0 Å². The van der Waals surface area contributed by atoms with E-state index in [1.807, 2.05) is 75.3 Å². The molecule has 3 N–H and O–H groups in total. The van der Waals surface area contributed by atoms with E-state index < -0.39 is 0 Å². The molecule has 10 nitrogen and oxygen atoms in total. The molecule has 0 atom stereocenters. The second-order valence-electron chi connectivity index (χ2n) is 8.36. The number of hydrogen-bond donors (Lipinski definition) is 3. The first-order chi connectivity index (χ1) is 18.3. The van der Waals surface area contributed by atoms with Gasteiger partial charge in [0.2, 0.25) is 5.95 Å². The van der Waals surface area contributed by atoms with Crippen molar-refractivity contribution in [2.75, 3.05) is 10.6 Å². The van der Waals surface area contributed by atoms with Gasteiger partial charge in [-0.15, -0.1) is 0 Å². The molecular weight excluding hydrogens is 484 g/mol. The average Bonchev–Trinajstić information content (AvgIpc) is 3.73. The summed E-state index contributed by atoms with van der Waals surface area (Å²) in [5.41, 5.74) is 6.20. The minimum absolute atomic E-state index is 0.463. The van der Waals surface area contributed by atoms with E-state index in [-0.39, 0.29) is 0 Å². The Balaban J connectivity index is 1.23. The van der Waals surface area contributed by atoms with Gasteiger partial charge in [0, 0.05) is 29.1 Å². The van der Waals surface area contributed by atoms with Crippen LogP contribution in [0.3, 0.4) is 0 Å². The Morgan fingerprint density at radius 3 is 2.65 bits per heavy atom. The lowest BCUT2D eigenvalue weighted by atomic mass is 10.3. The summed E-state index contributed by atoms with van der Waals surface area (Å²) in [6.45, 7) is 0.463. The van der Waals surface area contributed by atoms with Gasteiger partial charge >= 0.3 is 0 Å². The highest BCUT2D eigenvalue weighted by Crippen LogP contribution is 2.26. The van der Waals surface area contributed by atoms with E-state index in [4.69, 9.17) is 9.97 Å². The predicted octanol–water partition coefficient (Wildman–Crippen LogP) is 5.29. The van der Waals surface area contributed by atoms with E-state index in [2.05, 4.69) is 35.9 Å². The van der Waals surface area contributed by atoms with Crippen LogP contribution in [0.2, 0.25) is 0 Å². The molecule has 5 aromatic heterocycles. The third kappa shape index (κ3) is 4.06. The van der Waals surface area contributed by atoms with E-state index in [9.17, 15) is 0 Å². The van der Waals surface area contributed by atoms with Gasteiger partial charge in [0.1, 0.15) is 12.2 Å². The molecule has 0 aliphatic rings. The molecule has 0 saturated heterocycles. The van der Waals surface area contributed by atoms with Gasteiger partial charge in [0.05, 0.1) is 29.6 Å². The maximum absolute atomic E-state index is 4.81. The monoisotopic (exact) mass is 504 g/mol. The predicted molar refractivity (Wildman–Crippen MR) is 145 cm³/mol. The maximum Gasteiger partial charge on any atom is 0.231 e. The lowest BCUT2D eigenvalue weighted by Crippen LogP contribution is -2.07. The van der Waals surface area contributed by atoms with Crippen LogP contribution >= 0.6 is 11.3 Å². The summed E-state index contributed by atoms with van der Waals surface area (Å²) in [7, 11) is 0. The van der Waals surface area contributed by atoms with Crippen molar-refractivity contribution in [3.8, 4) is 11.4 Å². The molecule has 180 valence electrons. The largest absolute Gasteiger partial charge is 0.361 e. The Morgan fingerprint density at radius 1 is 0.919 bits per heavy atom. The SMILES string of the molecule is c1ccc2[nH]c(CNc3nc(Nc4ccc(-n5ccnc5)cc4)nc4c3ncn4-c3ccsc3)nc2c1. The molecular formula is C26H20N10S. The Bertz CT molecular complexity index is 1770. The second kappa shape index (κ2) is 8.88. The van der Waals surface area contributed by atoms with Crippen LogP contribution in [0, 0.1) is 0 Å². The lowest BCUT2D eigenvalue weighted by Gasteiger charge is -2.11. The average molecular weight is 505 g/mol. The van der Waals surface area contributed by atoms with Crippen molar-refractivity contribution >= 4 is 51.0 Å². The van der Waals surface area contributed by atoms with Crippen molar-refractivity contribution in [1.82, 2.24) is 39.0 Å². The number of anilines is 3. The molecule has 0 aliphatic heterocycles. The number of rotatable bonds is 7.